The molecule has 8 nitrogen and oxygen atoms in total. The zero-order valence-electron chi connectivity index (χ0n) is 18.3. The molecule has 4 aromatic rings. The molecule has 0 aliphatic heterocycles. The van der Waals surface area contributed by atoms with Crippen LogP contribution in [0.2, 0.25) is 0 Å². The Morgan fingerprint density at radius 2 is 1.71 bits per heavy atom. The van der Waals surface area contributed by atoms with Crippen LogP contribution in [0.4, 0.5) is 10.3 Å². The van der Waals surface area contributed by atoms with Crippen LogP contribution in [-0.4, -0.2) is 29.5 Å². The molecule has 3 N–H and O–H groups in total. The number of primary sulfonamides is 1. The van der Waals surface area contributed by atoms with Crippen molar-refractivity contribution in [3.8, 4) is 17.1 Å². The number of sulfonamides is 1. The number of nitrogens with two attached hydrogens (primary N) is 1. The van der Waals surface area contributed by atoms with E-state index in [0.717, 1.165) is 24.0 Å². The van der Waals surface area contributed by atoms with Crippen LogP contribution >= 0.6 is 0 Å². The molecule has 34 heavy (non-hydrogen) atoms. The highest BCUT2D eigenvalue weighted by molar-refractivity contribution is 7.89. The summed E-state index contributed by atoms with van der Waals surface area (Å²) in [6.07, 6.45) is 2.02. The van der Waals surface area contributed by atoms with Crippen LogP contribution in [0.1, 0.15) is 31.4 Å². The summed E-state index contributed by atoms with van der Waals surface area (Å²) < 4.78 is 42.3. The van der Waals surface area contributed by atoms with E-state index >= 15 is 0 Å². The lowest BCUT2D eigenvalue weighted by Gasteiger charge is -2.16. The number of nitrogens with zero attached hydrogens (tertiary/aromatic N) is 3. The van der Waals surface area contributed by atoms with Gasteiger partial charge in [0.05, 0.1) is 22.1 Å². The van der Waals surface area contributed by atoms with Gasteiger partial charge in [-0.2, -0.15) is 4.98 Å². The van der Waals surface area contributed by atoms with E-state index in [1.165, 1.54) is 24.3 Å². The maximum absolute atomic E-state index is 13.3. The Morgan fingerprint density at radius 3 is 2.35 bits per heavy atom. The second kappa shape index (κ2) is 8.62. The van der Waals surface area contributed by atoms with Crippen molar-refractivity contribution < 1.29 is 17.5 Å². The minimum Gasteiger partial charge on any atom is -0.473 e. The molecule has 2 aromatic heterocycles. The average molecular weight is 480 g/mol. The summed E-state index contributed by atoms with van der Waals surface area (Å²) in [4.78, 5) is 13.9. The quantitative estimate of drug-likeness (QED) is 0.408. The van der Waals surface area contributed by atoms with Gasteiger partial charge in [-0.3, -0.25) is 0 Å². The van der Waals surface area contributed by atoms with Crippen molar-refractivity contribution in [2.24, 2.45) is 5.14 Å². The van der Waals surface area contributed by atoms with Gasteiger partial charge in [0.1, 0.15) is 11.9 Å². The van der Waals surface area contributed by atoms with Crippen molar-refractivity contribution >= 4 is 27.0 Å². The molecule has 1 atom stereocenters. The summed E-state index contributed by atoms with van der Waals surface area (Å²) in [5.41, 5.74) is 3.42. The number of benzene rings is 2. The molecule has 2 heterocycles. The van der Waals surface area contributed by atoms with Crippen LogP contribution in [-0.2, 0) is 10.0 Å². The summed E-state index contributed by atoms with van der Waals surface area (Å²) in [7, 11) is -3.75. The highest BCUT2D eigenvalue weighted by atomic mass is 32.2. The molecule has 5 rings (SSSR count). The number of nitrogens with one attached hydrogen (secondary N) is 1. The Bertz CT molecular complexity index is 1460. The molecule has 1 saturated carbocycles. The van der Waals surface area contributed by atoms with Crippen LogP contribution in [0, 0.1) is 5.82 Å². The molecule has 0 amide bonds. The van der Waals surface area contributed by atoms with Gasteiger partial charge in [-0.25, -0.2) is 27.9 Å². The first-order valence-corrected chi connectivity index (χ1v) is 12.3. The van der Waals surface area contributed by atoms with Crippen molar-refractivity contribution in [1.82, 2.24) is 15.0 Å². The molecule has 1 aliphatic carbocycles. The third kappa shape index (κ3) is 4.82. The van der Waals surface area contributed by atoms with Gasteiger partial charge in [-0.05, 0) is 73.9 Å². The predicted molar refractivity (Wildman–Crippen MR) is 126 cm³/mol. The van der Waals surface area contributed by atoms with Gasteiger partial charge in [0.25, 0.3) is 0 Å². The minimum atomic E-state index is -3.75. The van der Waals surface area contributed by atoms with E-state index in [-0.39, 0.29) is 22.9 Å². The lowest BCUT2D eigenvalue weighted by atomic mass is 10.1. The normalized spacial score (nSPS) is 14.7. The minimum absolute atomic E-state index is 0.0496. The summed E-state index contributed by atoms with van der Waals surface area (Å²) in [5.74, 6) is 0.438. The number of hydrogen-bond donors (Lipinski definition) is 2. The van der Waals surface area contributed by atoms with E-state index in [1.54, 1.807) is 24.3 Å². The van der Waals surface area contributed by atoms with Crippen LogP contribution in [0.5, 0.6) is 5.88 Å². The molecule has 1 fully saturated rings. The second-order valence-corrected chi connectivity index (χ2v) is 9.78. The predicted octanol–water partition coefficient (Wildman–Crippen LogP) is 4.19. The molecule has 174 valence electrons. The first-order valence-electron chi connectivity index (χ1n) is 10.8. The fraction of sp³-hybridized carbons (Fsp3) is 0.208. The smallest absolute Gasteiger partial charge is 0.245 e. The highest BCUT2D eigenvalue weighted by Crippen LogP contribution is 2.32. The lowest BCUT2D eigenvalue weighted by Crippen LogP contribution is -2.13. The maximum atomic E-state index is 13.3. The monoisotopic (exact) mass is 479 g/mol. The van der Waals surface area contributed by atoms with Crippen molar-refractivity contribution in [1.29, 1.82) is 0 Å². The largest absolute Gasteiger partial charge is 0.473 e. The van der Waals surface area contributed by atoms with Gasteiger partial charge in [0.15, 0.2) is 5.52 Å². The van der Waals surface area contributed by atoms with Crippen LogP contribution in [0.3, 0.4) is 0 Å². The van der Waals surface area contributed by atoms with Gasteiger partial charge >= 0.3 is 0 Å². The number of anilines is 1. The molecule has 0 radical (unpaired) electrons. The third-order valence-electron chi connectivity index (χ3n) is 5.51. The molecule has 0 saturated heterocycles. The summed E-state index contributed by atoms with van der Waals surface area (Å²) in [6, 6.07) is 15.9. The molecular weight excluding hydrogens is 457 g/mol. The number of aromatic nitrogens is 3. The van der Waals surface area contributed by atoms with E-state index in [1.807, 2.05) is 19.1 Å². The standard InChI is InChI=1S/C24H22FN5O3S/c1-14(15-4-10-19(11-5-15)34(26,31)32)27-24-29-21-13-12-20(16-2-6-17(25)7-3-16)28-22(21)23(30-24)33-18-8-9-18/h2-7,10-14,18H,8-9H2,1H3,(H2,26,31,32)(H,27,29,30)/t14-/m1/s1. The second-order valence-electron chi connectivity index (χ2n) is 8.22. The van der Waals surface area contributed by atoms with Crippen molar-refractivity contribution in [2.75, 3.05) is 5.32 Å². The fourth-order valence-electron chi connectivity index (χ4n) is 3.48. The Hall–Kier alpha value is -3.63. The van der Waals surface area contributed by atoms with E-state index < -0.39 is 10.0 Å². The van der Waals surface area contributed by atoms with Crippen LogP contribution in [0.25, 0.3) is 22.3 Å². The van der Waals surface area contributed by atoms with Crippen molar-refractivity contribution in [3.63, 3.8) is 0 Å². The fourth-order valence-corrected chi connectivity index (χ4v) is 4.00. The molecule has 0 bridgehead atoms. The Labute approximate surface area is 196 Å². The van der Waals surface area contributed by atoms with Gasteiger partial charge in [0.2, 0.25) is 21.9 Å². The number of pyridine rings is 1. The average Bonchev–Trinajstić information content (AvgIpc) is 3.63. The summed E-state index contributed by atoms with van der Waals surface area (Å²) in [5, 5.41) is 8.42. The van der Waals surface area contributed by atoms with Crippen molar-refractivity contribution in [3.05, 3.63) is 72.0 Å². The topological polar surface area (TPSA) is 120 Å². The SMILES string of the molecule is C[C@@H](Nc1nc(OC2CC2)c2nc(-c3ccc(F)cc3)ccc2n1)c1ccc(S(N)(=O)=O)cc1. The molecule has 2 aromatic carbocycles. The first-order chi connectivity index (χ1) is 16.3. The first kappa shape index (κ1) is 22.2. The highest BCUT2D eigenvalue weighted by Gasteiger charge is 2.26. The number of halogens is 1. The number of ether oxygens (including phenoxy) is 1. The molecule has 1 aliphatic rings. The van der Waals surface area contributed by atoms with Gasteiger partial charge in [0, 0.05) is 5.56 Å². The lowest BCUT2D eigenvalue weighted by molar-refractivity contribution is 0.294. The number of rotatable bonds is 7. The Morgan fingerprint density at radius 1 is 1.00 bits per heavy atom. The Balaban J connectivity index is 1.46. The molecule has 0 unspecified atom stereocenters. The molecule has 10 heteroatoms. The number of hydrogen-bond acceptors (Lipinski definition) is 7. The Kier molecular flexibility index (Phi) is 5.62. The summed E-state index contributed by atoms with van der Waals surface area (Å²) >= 11 is 0. The molecule has 0 spiro atoms. The summed E-state index contributed by atoms with van der Waals surface area (Å²) in [6.45, 7) is 1.91. The maximum Gasteiger partial charge on any atom is 0.245 e. The van der Waals surface area contributed by atoms with E-state index in [4.69, 9.17) is 14.9 Å². The van der Waals surface area contributed by atoms with Gasteiger partial charge in [-0.15, -0.1) is 0 Å². The zero-order valence-corrected chi connectivity index (χ0v) is 19.1. The van der Waals surface area contributed by atoms with E-state index in [9.17, 15) is 12.8 Å². The van der Waals surface area contributed by atoms with Gasteiger partial charge in [-0.1, -0.05) is 12.1 Å². The van der Waals surface area contributed by atoms with E-state index in [2.05, 4.69) is 15.3 Å². The van der Waals surface area contributed by atoms with Crippen LogP contribution in [0.15, 0.2) is 65.6 Å². The van der Waals surface area contributed by atoms with Gasteiger partial charge < -0.3 is 10.1 Å². The van der Waals surface area contributed by atoms with Crippen molar-refractivity contribution in [2.45, 2.75) is 36.8 Å². The van der Waals surface area contributed by atoms with E-state index in [0.29, 0.717) is 28.6 Å². The number of fused-ring (bicyclic) bond motifs is 1. The zero-order chi connectivity index (χ0) is 23.9. The molecular formula is C24H22FN5O3S. The van der Waals surface area contributed by atoms with Crippen LogP contribution < -0.4 is 15.2 Å². The third-order valence-corrected chi connectivity index (χ3v) is 6.44.